The maximum absolute atomic E-state index is 5.08. The second-order valence-corrected chi connectivity index (χ2v) is 1.68. The van der Waals surface area contributed by atoms with Crippen molar-refractivity contribution in [2.75, 3.05) is 20.8 Å². The van der Waals surface area contributed by atoms with E-state index in [0.29, 0.717) is 18.3 Å². The van der Waals surface area contributed by atoms with Crippen LogP contribution in [0.5, 0.6) is 0 Å². The Hall–Kier alpha value is -0.860. The van der Waals surface area contributed by atoms with Crippen LogP contribution in [0.25, 0.3) is 0 Å². The van der Waals surface area contributed by atoms with Crippen molar-refractivity contribution in [2.24, 2.45) is 0 Å². The highest BCUT2D eigenvalue weighted by molar-refractivity contribution is 4.89. The van der Waals surface area contributed by atoms with Crippen molar-refractivity contribution in [3.63, 3.8) is 0 Å². The zero-order valence-electron chi connectivity index (χ0n) is 6.93. The van der Waals surface area contributed by atoms with Crippen molar-refractivity contribution >= 4 is 0 Å². The third kappa shape index (κ3) is 2.62. The first-order valence-corrected chi connectivity index (χ1v) is 3.17. The van der Waals surface area contributed by atoms with Crippen LogP contribution in [0, 0.1) is 0 Å². The van der Waals surface area contributed by atoms with Crippen LogP contribution in [-0.2, 0) is 14.2 Å². The van der Waals surface area contributed by atoms with E-state index in [-0.39, 0.29) is 0 Å². The summed E-state index contributed by atoms with van der Waals surface area (Å²) in [4.78, 5) is 0. The Bertz CT molecular complexity index is 118. The Morgan fingerprint density at radius 3 is 2.10 bits per heavy atom. The van der Waals surface area contributed by atoms with Gasteiger partial charge in [0.15, 0.2) is 5.76 Å². The minimum absolute atomic E-state index is 0.449. The van der Waals surface area contributed by atoms with Crippen LogP contribution in [0.1, 0.15) is 13.8 Å². The standard InChI is InChI=1S/C7H14O3/c1-5-10-7(9-4)6(2)8-3/h5H2,1-4H3. The number of hydrogen-bond donors (Lipinski definition) is 0. The predicted molar refractivity (Wildman–Crippen MR) is 38.3 cm³/mol. The number of allylic oxidation sites excluding steroid dienone is 1. The first-order chi connectivity index (χ1) is 4.76. The van der Waals surface area contributed by atoms with Gasteiger partial charge in [-0.05, 0) is 6.92 Å². The fraction of sp³-hybridized carbons (Fsp3) is 0.714. The zero-order valence-corrected chi connectivity index (χ0v) is 6.93. The van der Waals surface area contributed by atoms with Gasteiger partial charge in [-0.15, -0.1) is 0 Å². The van der Waals surface area contributed by atoms with Crippen molar-refractivity contribution in [2.45, 2.75) is 13.8 Å². The summed E-state index contributed by atoms with van der Waals surface area (Å²) >= 11 is 0. The Kier molecular flexibility index (Phi) is 4.54. The largest absolute Gasteiger partial charge is 0.494 e. The molecule has 60 valence electrons. The van der Waals surface area contributed by atoms with Crippen molar-refractivity contribution < 1.29 is 14.2 Å². The molecule has 0 unspecified atom stereocenters. The lowest BCUT2D eigenvalue weighted by Gasteiger charge is -2.08. The molecule has 0 aromatic carbocycles. The quantitative estimate of drug-likeness (QED) is 0.562. The second kappa shape index (κ2) is 4.97. The van der Waals surface area contributed by atoms with Gasteiger partial charge in [-0.25, -0.2) is 0 Å². The van der Waals surface area contributed by atoms with Gasteiger partial charge in [-0.2, -0.15) is 0 Å². The molecule has 0 spiro atoms. The molecule has 10 heavy (non-hydrogen) atoms. The fourth-order valence-electron chi connectivity index (χ4n) is 0.519. The molecule has 0 saturated carbocycles. The first kappa shape index (κ1) is 9.14. The van der Waals surface area contributed by atoms with Gasteiger partial charge in [0.25, 0.3) is 0 Å². The topological polar surface area (TPSA) is 27.7 Å². The molecule has 0 aliphatic carbocycles. The van der Waals surface area contributed by atoms with E-state index in [1.54, 1.807) is 21.1 Å². The Balaban J connectivity index is 4.00. The molecule has 0 radical (unpaired) electrons. The molecule has 0 N–H and O–H groups in total. The van der Waals surface area contributed by atoms with E-state index < -0.39 is 0 Å². The summed E-state index contributed by atoms with van der Waals surface area (Å²) in [5, 5.41) is 0. The van der Waals surface area contributed by atoms with Crippen LogP contribution in [0.2, 0.25) is 0 Å². The summed E-state index contributed by atoms with van der Waals surface area (Å²) < 4.78 is 14.8. The van der Waals surface area contributed by atoms with Gasteiger partial charge in [0.1, 0.15) is 0 Å². The van der Waals surface area contributed by atoms with E-state index in [1.807, 2.05) is 6.92 Å². The molecule has 0 amide bonds. The minimum atomic E-state index is 0.449. The van der Waals surface area contributed by atoms with Gasteiger partial charge in [-0.1, -0.05) is 0 Å². The van der Waals surface area contributed by atoms with Crippen LogP contribution in [-0.4, -0.2) is 20.8 Å². The molecule has 0 bridgehead atoms. The van der Waals surface area contributed by atoms with Crippen molar-refractivity contribution in [3.8, 4) is 0 Å². The molecular formula is C7H14O3. The third-order valence-electron chi connectivity index (χ3n) is 1.05. The van der Waals surface area contributed by atoms with Crippen LogP contribution in [0.4, 0.5) is 0 Å². The maximum atomic E-state index is 5.08. The van der Waals surface area contributed by atoms with E-state index in [2.05, 4.69) is 0 Å². The second-order valence-electron chi connectivity index (χ2n) is 1.68. The summed E-state index contributed by atoms with van der Waals surface area (Å²) in [6, 6.07) is 0. The highest BCUT2D eigenvalue weighted by Crippen LogP contribution is 2.05. The molecular weight excluding hydrogens is 132 g/mol. The van der Waals surface area contributed by atoms with E-state index in [4.69, 9.17) is 14.2 Å². The molecule has 0 aromatic heterocycles. The predicted octanol–water partition coefficient (Wildman–Crippen LogP) is 1.50. The van der Waals surface area contributed by atoms with Gasteiger partial charge >= 0.3 is 5.95 Å². The minimum Gasteiger partial charge on any atom is -0.494 e. The van der Waals surface area contributed by atoms with Gasteiger partial charge in [0.05, 0.1) is 20.8 Å². The fourth-order valence-corrected chi connectivity index (χ4v) is 0.519. The average Bonchev–Trinajstić information content (AvgIpc) is 1.99. The SMILES string of the molecule is CCOC(OC)=C(C)OC. The lowest BCUT2D eigenvalue weighted by atomic mass is 10.6. The third-order valence-corrected chi connectivity index (χ3v) is 1.05. The van der Waals surface area contributed by atoms with Crippen LogP contribution < -0.4 is 0 Å². The number of methoxy groups -OCH3 is 2. The number of ether oxygens (including phenoxy) is 3. The molecule has 0 heterocycles. The van der Waals surface area contributed by atoms with Crippen LogP contribution in [0.15, 0.2) is 11.7 Å². The maximum Gasteiger partial charge on any atom is 0.318 e. The van der Waals surface area contributed by atoms with Gasteiger partial charge in [0, 0.05) is 6.92 Å². The molecule has 0 rings (SSSR count). The summed E-state index contributed by atoms with van der Waals surface area (Å²) in [5.41, 5.74) is 0. The smallest absolute Gasteiger partial charge is 0.318 e. The van der Waals surface area contributed by atoms with Crippen molar-refractivity contribution in [1.82, 2.24) is 0 Å². The molecule has 0 saturated heterocycles. The normalized spacial score (nSPS) is 12.0. The van der Waals surface area contributed by atoms with Crippen LogP contribution >= 0.6 is 0 Å². The van der Waals surface area contributed by atoms with Gasteiger partial charge < -0.3 is 14.2 Å². The number of rotatable bonds is 4. The molecule has 3 heteroatoms. The van der Waals surface area contributed by atoms with Gasteiger partial charge in [-0.3, -0.25) is 0 Å². The van der Waals surface area contributed by atoms with E-state index in [0.717, 1.165) is 0 Å². The molecule has 0 aliphatic heterocycles. The van der Waals surface area contributed by atoms with E-state index in [1.165, 1.54) is 0 Å². The lowest BCUT2D eigenvalue weighted by molar-refractivity contribution is 0.0467. The molecule has 0 aliphatic rings. The first-order valence-electron chi connectivity index (χ1n) is 3.17. The summed E-state index contributed by atoms with van der Waals surface area (Å²) in [6.45, 7) is 4.26. The van der Waals surface area contributed by atoms with Crippen molar-refractivity contribution in [1.29, 1.82) is 0 Å². The molecule has 0 aromatic rings. The summed E-state index contributed by atoms with van der Waals surface area (Å²) in [6.07, 6.45) is 0. The van der Waals surface area contributed by atoms with Gasteiger partial charge in [0.2, 0.25) is 0 Å². The number of hydrogen-bond acceptors (Lipinski definition) is 3. The monoisotopic (exact) mass is 146 g/mol. The Labute approximate surface area is 61.6 Å². The molecule has 0 fully saturated rings. The molecule has 0 atom stereocenters. The average molecular weight is 146 g/mol. The Morgan fingerprint density at radius 1 is 1.20 bits per heavy atom. The van der Waals surface area contributed by atoms with E-state index in [9.17, 15) is 0 Å². The highest BCUT2D eigenvalue weighted by atomic mass is 16.7. The highest BCUT2D eigenvalue weighted by Gasteiger charge is 2.01. The summed E-state index contributed by atoms with van der Waals surface area (Å²) in [5.74, 6) is 1.11. The van der Waals surface area contributed by atoms with E-state index >= 15 is 0 Å². The van der Waals surface area contributed by atoms with Crippen molar-refractivity contribution in [3.05, 3.63) is 11.7 Å². The summed E-state index contributed by atoms with van der Waals surface area (Å²) in [7, 11) is 3.13. The Morgan fingerprint density at radius 2 is 1.80 bits per heavy atom. The molecule has 3 nitrogen and oxygen atoms in total. The lowest BCUT2D eigenvalue weighted by Crippen LogP contribution is -1.98. The van der Waals surface area contributed by atoms with Crippen LogP contribution in [0.3, 0.4) is 0 Å². The zero-order chi connectivity index (χ0) is 7.98.